The van der Waals surface area contributed by atoms with Crippen molar-refractivity contribution >= 4 is 29.0 Å². The summed E-state index contributed by atoms with van der Waals surface area (Å²) in [6, 6.07) is 8.20. The molecule has 4 atom stereocenters. The van der Waals surface area contributed by atoms with E-state index in [1.54, 1.807) is 6.92 Å². The average molecular weight is 437 g/mol. The highest BCUT2D eigenvalue weighted by Gasteiger charge is 2.64. The van der Waals surface area contributed by atoms with E-state index in [4.69, 9.17) is 0 Å². The fraction of sp³-hybridized carbons (Fsp3) is 0.348. The van der Waals surface area contributed by atoms with Crippen molar-refractivity contribution in [3.63, 3.8) is 0 Å². The first-order chi connectivity index (χ1) is 15.3. The maximum Gasteiger partial charge on any atom is 0.269 e. The lowest BCUT2D eigenvalue weighted by Gasteiger charge is -2.28. The molecule has 0 radical (unpaired) electrons. The summed E-state index contributed by atoms with van der Waals surface area (Å²) >= 11 is 0. The lowest BCUT2D eigenvalue weighted by Crippen LogP contribution is -2.46. The molecule has 0 aliphatic carbocycles. The number of amides is 2. The Morgan fingerprint density at radius 1 is 1.09 bits per heavy atom. The number of aryl methyl sites for hydroxylation is 1. The largest absolute Gasteiger partial charge is 0.292 e. The van der Waals surface area contributed by atoms with Crippen LogP contribution in [0.2, 0.25) is 0 Å². The molecule has 3 aliphatic rings. The molecule has 164 valence electrons. The number of halogens is 1. The molecular weight excluding hydrogens is 417 g/mol. The summed E-state index contributed by atoms with van der Waals surface area (Å²) < 4.78 is 13.4. The number of Topliss-reactive ketones (excluding diaryl/α,β-unsaturated/α-hetero) is 1. The molecule has 3 fully saturated rings. The number of carbonyl (C=O) groups is 3. The monoisotopic (exact) mass is 437 g/mol. The van der Waals surface area contributed by atoms with Crippen LogP contribution < -0.4 is 4.90 Å². The second kappa shape index (κ2) is 7.30. The minimum atomic E-state index is -0.833. The number of imide groups is 1. The Hall–Kier alpha value is -3.46. The Balaban J connectivity index is 1.54. The van der Waals surface area contributed by atoms with Gasteiger partial charge in [0.25, 0.3) is 5.69 Å². The standard InChI is InChI=1S/C23H20FN3O5/c1-12-11-15(27(31)32)8-9-16(12)26-22(29)18-17-3-2-10-25(17)20(19(18)23(26)30)21(28)13-4-6-14(24)7-5-13/h4-9,11,17-20H,2-3,10H2,1H3/t17-,18+,19+,20-/m0/s1. The van der Waals surface area contributed by atoms with Gasteiger partial charge in [0.1, 0.15) is 5.82 Å². The van der Waals surface area contributed by atoms with Gasteiger partial charge in [-0.15, -0.1) is 0 Å². The second-order valence-electron chi connectivity index (χ2n) is 8.55. The lowest BCUT2D eigenvalue weighted by atomic mass is 9.85. The van der Waals surface area contributed by atoms with Crippen LogP contribution in [0.25, 0.3) is 0 Å². The van der Waals surface area contributed by atoms with Crippen LogP contribution in [0.3, 0.4) is 0 Å². The zero-order valence-electron chi connectivity index (χ0n) is 17.2. The van der Waals surface area contributed by atoms with Gasteiger partial charge in [-0.2, -0.15) is 0 Å². The van der Waals surface area contributed by atoms with E-state index in [1.807, 2.05) is 4.90 Å². The number of nitro groups is 1. The van der Waals surface area contributed by atoms with E-state index >= 15 is 0 Å². The number of fused-ring (bicyclic) bond motifs is 3. The molecule has 3 heterocycles. The van der Waals surface area contributed by atoms with E-state index in [0.717, 1.165) is 11.3 Å². The van der Waals surface area contributed by atoms with E-state index in [0.29, 0.717) is 29.8 Å². The number of nitro benzene ring substituents is 1. The molecular formula is C23H20FN3O5. The predicted molar refractivity (Wildman–Crippen MR) is 112 cm³/mol. The summed E-state index contributed by atoms with van der Waals surface area (Å²) in [5.41, 5.74) is 0.910. The third kappa shape index (κ3) is 2.88. The number of rotatable bonds is 4. The van der Waals surface area contributed by atoms with Gasteiger partial charge in [0, 0.05) is 23.7 Å². The number of nitrogens with zero attached hydrogens (tertiary/aromatic N) is 3. The van der Waals surface area contributed by atoms with Gasteiger partial charge >= 0.3 is 0 Å². The summed E-state index contributed by atoms with van der Waals surface area (Å²) in [7, 11) is 0. The van der Waals surface area contributed by atoms with Gasteiger partial charge in [0.15, 0.2) is 5.78 Å². The van der Waals surface area contributed by atoms with E-state index in [-0.39, 0.29) is 23.4 Å². The molecule has 2 amide bonds. The predicted octanol–water partition coefficient (Wildman–Crippen LogP) is 2.88. The Kier molecular flexibility index (Phi) is 4.67. The molecule has 3 saturated heterocycles. The smallest absolute Gasteiger partial charge is 0.269 e. The Bertz CT molecular complexity index is 1160. The van der Waals surface area contributed by atoms with Crippen LogP contribution in [0.15, 0.2) is 42.5 Å². The molecule has 5 rings (SSSR count). The molecule has 2 aromatic carbocycles. The molecule has 0 aromatic heterocycles. The molecule has 2 aromatic rings. The fourth-order valence-corrected chi connectivity index (χ4v) is 5.54. The van der Waals surface area contributed by atoms with E-state index < -0.39 is 34.5 Å². The number of non-ortho nitro benzene ring substituents is 1. The minimum absolute atomic E-state index is 0.128. The van der Waals surface area contributed by atoms with E-state index in [9.17, 15) is 28.9 Å². The summed E-state index contributed by atoms with van der Waals surface area (Å²) in [6.45, 7) is 2.23. The Morgan fingerprint density at radius 2 is 1.78 bits per heavy atom. The molecule has 0 bridgehead atoms. The van der Waals surface area contributed by atoms with Crippen LogP contribution in [-0.2, 0) is 9.59 Å². The van der Waals surface area contributed by atoms with Crippen LogP contribution in [0.1, 0.15) is 28.8 Å². The molecule has 9 heteroatoms. The lowest BCUT2D eigenvalue weighted by molar-refractivity contribution is -0.384. The van der Waals surface area contributed by atoms with Crippen molar-refractivity contribution in [2.45, 2.75) is 31.8 Å². The van der Waals surface area contributed by atoms with E-state index in [2.05, 4.69) is 0 Å². The zero-order chi connectivity index (χ0) is 22.7. The molecule has 32 heavy (non-hydrogen) atoms. The number of anilines is 1. The van der Waals surface area contributed by atoms with Gasteiger partial charge in [-0.05, 0) is 62.2 Å². The highest BCUT2D eigenvalue weighted by molar-refractivity contribution is 6.24. The van der Waals surface area contributed by atoms with Gasteiger partial charge < -0.3 is 0 Å². The van der Waals surface area contributed by atoms with Crippen LogP contribution in [0.4, 0.5) is 15.8 Å². The number of hydrogen-bond acceptors (Lipinski definition) is 6. The van der Waals surface area contributed by atoms with Gasteiger partial charge in [0.05, 0.1) is 28.5 Å². The normalized spacial score (nSPS) is 27.0. The summed E-state index contributed by atoms with van der Waals surface area (Å²) in [5, 5.41) is 11.1. The first kappa shape index (κ1) is 20.4. The van der Waals surface area contributed by atoms with Gasteiger partial charge in [-0.25, -0.2) is 9.29 Å². The molecule has 0 unspecified atom stereocenters. The molecule has 8 nitrogen and oxygen atoms in total. The van der Waals surface area contributed by atoms with Crippen LogP contribution in [0.5, 0.6) is 0 Å². The summed E-state index contributed by atoms with van der Waals surface area (Å²) in [4.78, 5) is 54.0. The SMILES string of the molecule is Cc1cc([N+](=O)[O-])ccc1N1C(=O)[C@@H]2[C@H](C1=O)[C@@H]1CCCN1[C@@H]2C(=O)c1ccc(F)cc1. The summed E-state index contributed by atoms with van der Waals surface area (Å²) in [5.74, 6) is -3.08. The Morgan fingerprint density at radius 3 is 2.44 bits per heavy atom. The first-order valence-electron chi connectivity index (χ1n) is 10.5. The second-order valence-corrected chi connectivity index (χ2v) is 8.55. The average Bonchev–Trinajstić information content (AvgIpc) is 3.40. The van der Waals surface area contributed by atoms with Crippen molar-refractivity contribution in [2.75, 3.05) is 11.4 Å². The van der Waals surface area contributed by atoms with Crippen molar-refractivity contribution in [3.05, 3.63) is 69.5 Å². The van der Waals surface area contributed by atoms with Gasteiger partial charge in [-0.1, -0.05) is 0 Å². The maximum absolute atomic E-state index is 13.5. The highest BCUT2D eigenvalue weighted by atomic mass is 19.1. The van der Waals surface area contributed by atoms with E-state index in [1.165, 1.54) is 42.5 Å². The molecule has 0 saturated carbocycles. The zero-order valence-corrected chi connectivity index (χ0v) is 17.2. The number of hydrogen-bond donors (Lipinski definition) is 0. The van der Waals surface area contributed by atoms with Crippen molar-refractivity contribution < 1.29 is 23.7 Å². The van der Waals surface area contributed by atoms with Crippen molar-refractivity contribution in [1.29, 1.82) is 0 Å². The van der Waals surface area contributed by atoms with Crippen molar-refractivity contribution in [2.24, 2.45) is 11.8 Å². The molecule has 3 aliphatic heterocycles. The third-order valence-corrected chi connectivity index (χ3v) is 6.88. The minimum Gasteiger partial charge on any atom is -0.292 e. The maximum atomic E-state index is 13.5. The summed E-state index contributed by atoms with van der Waals surface area (Å²) in [6.07, 6.45) is 1.53. The Labute approximate surface area is 182 Å². The number of benzene rings is 2. The number of carbonyl (C=O) groups excluding carboxylic acids is 3. The quantitative estimate of drug-likeness (QED) is 0.316. The molecule has 0 spiro atoms. The third-order valence-electron chi connectivity index (χ3n) is 6.88. The van der Waals surface area contributed by atoms with Gasteiger partial charge in [0.2, 0.25) is 11.8 Å². The van der Waals surface area contributed by atoms with Crippen LogP contribution >= 0.6 is 0 Å². The van der Waals surface area contributed by atoms with Crippen molar-refractivity contribution in [1.82, 2.24) is 4.90 Å². The van der Waals surface area contributed by atoms with Crippen LogP contribution in [0, 0.1) is 34.7 Å². The van der Waals surface area contributed by atoms with Crippen molar-refractivity contribution in [3.8, 4) is 0 Å². The van der Waals surface area contributed by atoms with Crippen LogP contribution in [-0.4, -0.2) is 46.0 Å². The number of ketones is 1. The fourth-order valence-electron chi connectivity index (χ4n) is 5.54. The highest BCUT2D eigenvalue weighted by Crippen LogP contribution is 2.49. The first-order valence-corrected chi connectivity index (χ1v) is 10.5. The van der Waals surface area contributed by atoms with Gasteiger partial charge in [-0.3, -0.25) is 29.4 Å². The molecule has 0 N–H and O–H groups in total. The topological polar surface area (TPSA) is 101 Å².